The average molecular weight is 431 g/mol. The van der Waals surface area contributed by atoms with Gasteiger partial charge in [-0.25, -0.2) is 8.78 Å². The second-order valence-corrected chi connectivity index (χ2v) is 8.13. The van der Waals surface area contributed by atoms with E-state index in [0.717, 1.165) is 12.8 Å². The molecule has 2 heterocycles. The van der Waals surface area contributed by atoms with E-state index in [4.69, 9.17) is 0 Å². The quantitative estimate of drug-likeness (QED) is 0.731. The van der Waals surface area contributed by atoms with Gasteiger partial charge in [-0.1, -0.05) is 18.2 Å². The number of alkyl halides is 2. The number of piperidine rings is 1. The lowest BCUT2D eigenvalue weighted by Crippen LogP contribution is -2.46. The molecule has 1 aliphatic heterocycles. The molecule has 3 rings (SSSR count). The molecule has 1 aromatic heterocycles. The van der Waals surface area contributed by atoms with Gasteiger partial charge in [0.2, 0.25) is 11.3 Å². The van der Waals surface area contributed by atoms with Gasteiger partial charge in [0, 0.05) is 48.1 Å². The van der Waals surface area contributed by atoms with Gasteiger partial charge in [0.1, 0.15) is 5.56 Å². The molecule has 1 aromatic carbocycles. The maximum absolute atomic E-state index is 13.3. The van der Waals surface area contributed by atoms with Crippen molar-refractivity contribution in [3.05, 3.63) is 57.5 Å². The normalized spacial score (nSPS) is 16.5. The van der Waals surface area contributed by atoms with E-state index >= 15 is 0 Å². The van der Waals surface area contributed by atoms with Gasteiger partial charge in [-0.15, -0.1) is 0 Å². The van der Waals surface area contributed by atoms with Gasteiger partial charge in [0.05, 0.1) is 0 Å². The number of rotatable bonds is 6. The molecule has 0 aliphatic carbocycles. The predicted octanol–water partition coefficient (Wildman–Crippen LogP) is 3.74. The highest BCUT2D eigenvalue weighted by Gasteiger charge is 2.23. The third-order valence-electron chi connectivity index (χ3n) is 5.55. The Bertz CT molecular complexity index is 1050. The summed E-state index contributed by atoms with van der Waals surface area (Å²) in [5.74, 6) is -0.602. The molecule has 1 unspecified atom stereocenters. The molecule has 0 saturated carbocycles. The van der Waals surface area contributed by atoms with Crippen LogP contribution >= 0.6 is 0 Å². The summed E-state index contributed by atoms with van der Waals surface area (Å²) in [5.41, 5.74) is 0.432. The third kappa shape index (κ3) is 5.00. The largest absolute Gasteiger partial charge is 0.352 e. The lowest BCUT2D eigenvalue weighted by Gasteiger charge is -2.24. The first-order valence-corrected chi connectivity index (χ1v) is 10.4. The van der Waals surface area contributed by atoms with Crippen molar-refractivity contribution in [2.24, 2.45) is 0 Å². The van der Waals surface area contributed by atoms with Crippen LogP contribution in [0, 0.1) is 6.92 Å². The first-order chi connectivity index (χ1) is 14.7. The maximum atomic E-state index is 13.3. The Morgan fingerprint density at radius 2 is 2.03 bits per heavy atom. The smallest absolute Gasteiger partial charge is 0.263 e. The van der Waals surface area contributed by atoms with Gasteiger partial charge in [0.15, 0.2) is 0 Å². The zero-order chi connectivity index (χ0) is 22.7. The summed E-state index contributed by atoms with van der Waals surface area (Å²) in [5, 5.41) is 5.56. The van der Waals surface area contributed by atoms with E-state index in [1.54, 1.807) is 17.6 Å². The Kier molecular flexibility index (Phi) is 6.87. The zero-order valence-corrected chi connectivity index (χ0v) is 17.9. The average Bonchev–Trinajstić information content (AvgIpc) is 2.72. The molecular weight excluding hydrogens is 404 g/mol. The number of benzene rings is 1. The van der Waals surface area contributed by atoms with Crippen molar-refractivity contribution in [1.29, 1.82) is 0 Å². The molecule has 1 atom stereocenters. The summed E-state index contributed by atoms with van der Waals surface area (Å²) in [6.07, 6.45) is 0.827. The number of halogens is 2. The van der Waals surface area contributed by atoms with Crippen LogP contribution in [-0.4, -0.2) is 29.0 Å². The molecule has 0 spiro atoms. The van der Waals surface area contributed by atoms with Crippen LogP contribution in [0.25, 0.3) is 11.1 Å². The summed E-state index contributed by atoms with van der Waals surface area (Å²) in [7, 11) is 0. The van der Waals surface area contributed by atoms with E-state index in [-0.39, 0.29) is 41.2 Å². The van der Waals surface area contributed by atoms with Crippen molar-refractivity contribution in [3.8, 4) is 11.1 Å². The van der Waals surface area contributed by atoms with E-state index in [0.29, 0.717) is 17.7 Å². The molecule has 6 nitrogen and oxygen atoms in total. The predicted molar refractivity (Wildman–Crippen MR) is 114 cm³/mol. The van der Waals surface area contributed by atoms with Crippen molar-refractivity contribution in [2.45, 2.75) is 58.5 Å². The van der Waals surface area contributed by atoms with Crippen molar-refractivity contribution < 1.29 is 18.4 Å². The van der Waals surface area contributed by atoms with Crippen LogP contribution in [0.4, 0.5) is 8.78 Å². The van der Waals surface area contributed by atoms with Crippen LogP contribution in [0.2, 0.25) is 0 Å². The molecule has 1 saturated heterocycles. The van der Waals surface area contributed by atoms with Gasteiger partial charge in [-0.2, -0.15) is 0 Å². The lowest BCUT2D eigenvalue weighted by molar-refractivity contribution is -0.123. The Balaban J connectivity index is 1.99. The molecule has 31 heavy (non-hydrogen) atoms. The fraction of sp³-hybridized carbons (Fsp3) is 0.435. The number of aromatic nitrogens is 1. The lowest BCUT2D eigenvalue weighted by atomic mass is 9.98. The van der Waals surface area contributed by atoms with Crippen LogP contribution in [0.3, 0.4) is 0 Å². The minimum absolute atomic E-state index is 0.0517. The van der Waals surface area contributed by atoms with Crippen molar-refractivity contribution >= 4 is 11.8 Å². The minimum Gasteiger partial charge on any atom is -0.352 e. The molecule has 8 heteroatoms. The van der Waals surface area contributed by atoms with E-state index in [1.807, 2.05) is 13.8 Å². The van der Waals surface area contributed by atoms with E-state index in [2.05, 4.69) is 10.6 Å². The monoisotopic (exact) mass is 431 g/mol. The first-order valence-electron chi connectivity index (χ1n) is 10.4. The van der Waals surface area contributed by atoms with Crippen LogP contribution < -0.4 is 16.1 Å². The number of amides is 2. The fourth-order valence-electron chi connectivity index (χ4n) is 3.94. The van der Waals surface area contributed by atoms with Crippen LogP contribution in [0.1, 0.15) is 67.2 Å². The van der Waals surface area contributed by atoms with E-state index < -0.39 is 17.8 Å². The molecule has 1 aliphatic rings. The molecule has 2 N–H and O–H groups in total. The highest BCUT2D eigenvalue weighted by Crippen LogP contribution is 2.27. The van der Waals surface area contributed by atoms with Crippen molar-refractivity contribution in [1.82, 2.24) is 15.2 Å². The second-order valence-electron chi connectivity index (χ2n) is 8.13. The fourth-order valence-corrected chi connectivity index (χ4v) is 3.94. The SMILES string of the molecule is Cc1c(-c2cccc(C(F)F)c2)c(=O)c(C(=O)NCC2CCCC(=O)N2)cn1C(C)C. The van der Waals surface area contributed by atoms with Crippen molar-refractivity contribution in [2.75, 3.05) is 6.54 Å². The molecule has 166 valence electrons. The molecule has 0 radical (unpaired) electrons. The van der Waals surface area contributed by atoms with Crippen LogP contribution in [0.5, 0.6) is 0 Å². The standard InChI is InChI=1S/C23H27F2N3O3/c1-13(2)28-12-18(23(31)26-11-17-8-5-9-19(29)27-17)21(30)20(14(28)3)15-6-4-7-16(10-15)22(24)25/h4,6-7,10,12-13,17,22H,5,8-9,11H2,1-3H3,(H,26,31)(H,27,29). The second kappa shape index (κ2) is 9.41. The summed E-state index contributed by atoms with van der Waals surface area (Å²) >= 11 is 0. The van der Waals surface area contributed by atoms with Gasteiger partial charge in [-0.3, -0.25) is 14.4 Å². The van der Waals surface area contributed by atoms with Gasteiger partial charge in [-0.05, 0) is 45.2 Å². The topological polar surface area (TPSA) is 80.2 Å². The van der Waals surface area contributed by atoms with Crippen molar-refractivity contribution in [3.63, 3.8) is 0 Å². The Morgan fingerprint density at radius 3 is 2.68 bits per heavy atom. The Morgan fingerprint density at radius 1 is 1.29 bits per heavy atom. The number of nitrogens with one attached hydrogen (secondary N) is 2. The molecular formula is C23H27F2N3O3. The number of pyridine rings is 1. The summed E-state index contributed by atoms with van der Waals surface area (Å²) in [6, 6.07) is 5.44. The Labute approximate surface area is 179 Å². The zero-order valence-electron chi connectivity index (χ0n) is 17.9. The molecule has 1 fully saturated rings. The minimum atomic E-state index is -2.66. The van der Waals surface area contributed by atoms with Gasteiger partial charge in [0.25, 0.3) is 12.3 Å². The number of hydrogen-bond acceptors (Lipinski definition) is 3. The summed E-state index contributed by atoms with van der Waals surface area (Å²) in [4.78, 5) is 37.7. The highest BCUT2D eigenvalue weighted by atomic mass is 19.3. The van der Waals surface area contributed by atoms with Gasteiger partial charge >= 0.3 is 0 Å². The van der Waals surface area contributed by atoms with Gasteiger partial charge < -0.3 is 15.2 Å². The van der Waals surface area contributed by atoms with E-state index in [9.17, 15) is 23.2 Å². The Hall–Kier alpha value is -3.03. The molecule has 0 bridgehead atoms. The molecule has 2 aromatic rings. The number of carbonyl (C=O) groups excluding carboxylic acids is 2. The number of hydrogen-bond donors (Lipinski definition) is 2. The van der Waals surface area contributed by atoms with E-state index in [1.165, 1.54) is 24.4 Å². The summed E-state index contributed by atoms with van der Waals surface area (Å²) < 4.78 is 28.2. The van der Waals surface area contributed by atoms with Crippen LogP contribution in [0.15, 0.2) is 35.3 Å². The third-order valence-corrected chi connectivity index (χ3v) is 5.55. The van der Waals surface area contributed by atoms with Crippen LogP contribution in [-0.2, 0) is 4.79 Å². The highest BCUT2D eigenvalue weighted by molar-refractivity contribution is 5.95. The summed E-state index contributed by atoms with van der Waals surface area (Å²) in [6.45, 7) is 5.78. The molecule has 2 amide bonds. The number of nitrogens with zero attached hydrogens (tertiary/aromatic N) is 1. The maximum Gasteiger partial charge on any atom is 0.263 e. The number of carbonyl (C=O) groups is 2. The first kappa shape index (κ1) is 22.7.